The molecule has 0 aliphatic rings. The molecule has 3 aromatic rings. The van der Waals surface area contributed by atoms with E-state index in [1.165, 1.54) is 5.39 Å². The van der Waals surface area contributed by atoms with Crippen molar-refractivity contribution in [3.8, 4) is 0 Å². The molecule has 0 fully saturated rings. The van der Waals surface area contributed by atoms with Crippen LogP contribution in [0.1, 0.15) is 5.82 Å². The lowest BCUT2D eigenvalue weighted by Crippen LogP contribution is -2.01. The van der Waals surface area contributed by atoms with Gasteiger partial charge in [-0.15, -0.1) is 0 Å². The van der Waals surface area contributed by atoms with Crippen LogP contribution in [0.2, 0.25) is 5.15 Å². The van der Waals surface area contributed by atoms with Crippen LogP contribution < -0.4 is 5.32 Å². The van der Waals surface area contributed by atoms with E-state index in [0.717, 1.165) is 11.1 Å². The van der Waals surface area contributed by atoms with Gasteiger partial charge in [0.1, 0.15) is 17.6 Å². The highest BCUT2D eigenvalue weighted by atomic mass is 35.5. The summed E-state index contributed by atoms with van der Waals surface area (Å²) < 4.78 is 5.05. The standard InChI is InChI=1S/C16H14ClN3O/c1-21-10-16-19-14(17)9-15(20-16)18-13-8-4-6-11-5-2-3-7-12(11)13/h2-9H,10H2,1H3,(H,18,19,20). The van der Waals surface area contributed by atoms with Crippen LogP contribution in [-0.4, -0.2) is 17.1 Å². The topological polar surface area (TPSA) is 47.0 Å². The van der Waals surface area contributed by atoms with Crippen LogP contribution in [0, 0.1) is 0 Å². The van der Waals surface area contributed by atoms with Gasteiger partial charge < -0.3 is 10.1 Å². The van der Waals surface area contributed by atoms with Crippen molar-refractivity contribution in [2.24, 2.45) is 0 Å². The molecule has 0 amide bonds. The third kappa shape index (κ3) is 3.12. The number of aromatic nitrogens is 2. The lowest BCUT2D eigenvalue weighted by Gasteiger charge is -2.10. The fourth-order valence-corrected chi connectivity index (χ4v) is 2.40. The minimum absolute atomic E-state index is 0.324. The lowest BCUT2D eigenvalue weighted by atomic mass is 10.1. The molecule has 1 heterocycles. The van der Waals surface area contributed by atoms with E-state index in [-0.39, 0.29) is 0 Å². The molecule has 4 nitrogen and oxygen atoms in total. The monoisotopic (exact) mass is 299 g/mol. The van der Waals surface area contributed by atoms with E-state index in [2.05, 4.69) is 33.5 Å². The molecule has 0 aliphatic carbocycles. The average molecular weight is 300 g/mol. The fraction of sp³-hybridized carbons (Fsp3) is 0.125. The smallest absolute Gasteiger partial charge is 0.158 e. The Balaban J connectivity index is 1.98. The van der Waals surface area contributed by atoms with Crippen molar-refractivity contribution in [2.45, 2.75) is 6.61 Å². The van der Waals surface area contributed by atoms with Gasteiger partial charge in [-0.05, 0) is 11.5 Å². The van der Waals surface area contributed by atoms with E-state index in [9.17, 15) is 0 Å². The minimum Gasteiger partial charge on any atom is -0.377 e. The Labute approximate surface area is 127 Å². The maximum atomic E-state index is 6.02. The number of halogens is 1. The van der Waals surface area contributed by atoms with Gasteiger partial charge in [-0.1, -0.05) is 48.0 Å². The first-order valence-corrected chi connectivity index (χ1v) is 6.91. The minimum atomic E-state index is 0.324. The maximum absolute atomic E-state index is 6.02. The quantitative estimate of drug-likeness (QED) is 0.734. The van der Waals surface area contributed by atoms with Gasteiger partial charge in [0.2, 0.25) is 0 Å². The Bertz CT molecular complexity index is 771. The van der Waals surface area contributed by atoms with E-state index in [0.29, 0.717) is 23.4 Å². The van der Waals surface area contributed by atoms with Gasteiger partial charge in [0.15, 0.2) is 5.82 Å². The summed E-state index contributed by atoms with van der Waals surface area (Å²) in [6.45, 7) is 0.324. The van der Waals surface area contributed by atoms with Gasteiger partial charge >= 0.3 is 0 Å². The molecular formula is C16H14ClN3O. The van der Waals surface area contributed by atoms with Crippen LogP contribution in [0.4, 0.5) is 11.5 Å². The van der Waals surface area contributed by atoms with E-state index >= 15 is 0 Å². The molecule has 0 bridgehead atoms. The van der Waals surface area contributed by atoms with E-state index < -0.39 is 0 Å². The second-order valence-corrected chi connectivity index (χ2v) is 4.96. The number of fused-ring (bicyclic) bond motifs is 1. The van der Waals surface area contributed by atoms with Crippen molar-refractivity contribution in [1.29, 1.82) is 0 Å². The Morgan fingerprint density at radius 2 is 1.90 bits per heavy atom. The molecule has 0 spiro atoms. The zero-order chi connectivity index (χ0) is 14.7. The summed E-state index contributed by atoms with van der Waals surface area (Å²) in [5.41, 5.74) is 0.978. The van der Waals surface area contributed by atoms with Crippen LogP contribution in [0.25, 0.3) is 10.8 Å². The second kappa shape index (κ2) is 6.08. The Morgan fingerprint density at radius 3 is 2.76 bits per heavy atom. The predicted octanol–water partition coefficient (Wildman–Crippen LogP) is 4.17. The van der Waals surface area contributed by atoms with Crippen molar-refractivity contribution in [1.82, 2.24) is 9.97 Å². The van der Waals surface area contributed by atoms with Gasteiger partial charge in [0.25, 0.3) is 0 Å². The van der Waals surface area contributed by atoms with Crippen molar-refractivity contribution in [2.75, 3.05) is 12.4 Å². The number of nitrogens with one attached hydrogen (secondary N) is 1. The van der Waals surface area contributed by atoms with Crippen molar-refractivity contribution in [3.05, 3.63) is 59.5 Å². The van der Waals surface area contributed by atoms with Crippen LogP contribution in [0.3, 0.4) is 0 Å². The lowest BCUT2D eigenvalue weighted by molar-refractivity contribution is 0.178. The molecule has 1 N–H and O–H groups in total. The molecule has 1 aromatic heterocycles. The SMILES string of the molecule is COCc1nc(Cl)cc(Nc2cccc3ccccc23)n1. The zero-order valence-electron chi connectivity index (χ0n) is 11.5. The molecule has 106 valence electrons. The van der Waals surface area contributed by atoms with Crippen LogP contribution in [0.5, 0.6) is 0 Å². The fourth-order valence-electron chi connectivity index (χ4n) is 2.19. The number of hydrogen-bond donors (Lipinski definition) is 1. The molecule has 0 saturated carbocycles. The zero-order valence-corrected chi connectivity index (χ0v) is 12.3. The predicted molar refractivity (Wildman–Crippen MR) is 85.0 cm³/mol. The third-order valence-corrected chi connectivity index (χ3v) is 3.26. The van der Waals surface area contributed by atoms with Crippen molar-refractivity contribution in [3.63, 3.8) is 0 Å². The molecular weight excluding hydrogens is 286 g/mol. The Kier molecular flexibility index (Phi) is 3.99. The summed E-state index contributed by atoms with van der Waals surface area (Å²) in [6, 6.07) is 16.0. The van der Waals surface area contributed by atoms with Crippen molar-refractivity contribution >= 4 is 33.9 Å². The van der Waals surface area contributed by atoms with Crippen LogP contribution >= 0.6 is 11.6 Å². The summed E-state index contributed by atoms with van der Waals surface area (Å²) in [5, 5.41) is 5.98. The van der Waals surface area contributed by atoms with Gasteiger partial charge in [-0.2, -0.15) is 0 Å². The first-order valence-electron chi connectivity index (χ1n) is 6.53. The molecule has 0 unspecified atom stereocenters. The molecule has 0 aliphatic heterocycles. The average Bonchev–Trinajstić information content (AvgIpc) is 2.47. The maximum Gasteiger partial charge on any atom is 0.158 e. The number of ether oxygens (including phenoxy) is 1. The number of nitrogens with zero attached hydrogens (tertiary/aromatic N) is 2. The number of anilines is 2. The highest BCUT2D eigenvalue weighted by molar-refractivity contribution is 6.29. The van der Waals surface area contributed by atoms with Gasteiger partial charge in [-0.25, -0.2) is 9.97 Å². The van der Waals surface area contributed by atoms with E-state index in [1.807, 2.05) is 24.3 Å². The molecule has 3 rings (SSSR count). The summed E-state index contributed by atoms with van der Waals surface area (Å²) in [5.74, 6) is 1.20. The Hall–Kier alpha value is -2.17. The molecule has 21 heavy (non-hydrogen) atoms. The number of benzene rings is 2. The number of hydrogen-bond acceptors (Lipinski definition) is 4. The normalized spacial score (nSPS) is 10.8. The largest absolute Gasteiger partial charge is 0.377 e. The second-order valence-electron chi connectivity index (χ2n) is 4.58. The highest BCUT2D eigenvalue weighted by Gasteiger charge is 2.05. The van der Waals surface area contributed by atoms with E-state index in [1.54, 1.807) is 13.2 Å². The van der Waals surface area contributed by atoms with Gasteiger partial charge in [0.05, 0.1) is 0 Å². The summed E-state index contributed by atoms with van der Waals surface area (Å²) in [4.78, 5) is 8.51. The summed E-state index contributed by atoms with van der Waals surface area (Å²) in [7, 11) is 1.60. The first-order chi connectivity index (χ1) is 10.3. The van der Waals surface area contributed by atoms with Gasteiger partial charge in [0, 0.05) is 24.2 Å². The third-order valence-electron chi connectivity index (χ3n) is 3.07. The molecule has 0 radical (unpaired) electrons. The molecule has 2 aromatic carbocycles. The molecule has 0 atom stereocenters. The van der Waals surface area contributed by atoms with Crippen LogP contribution in [-0.2, 0) is 11.3 Å². The Morgan fingerprint density at radius 1 is 1.10 bits per heavy atom. The highest BCUT2D eigenvalue weighted by Crippen LogP contribution is 2.26. The summed E-state index contributed by atoms with van der Waals surface area (Å²) >= 11 is 6.02. The van der Waals surface area contributed by atoms with E-state index in [4.69, 9.17) is 16.3 Å². The molecule has 5 heteroatoms. The summed E-state index contributed by atoms with van der Waals surface area (Å²) in [6.07, 6.45) is 0. The number of methoxy groups -OCH3 is 1. The number of rotatable bonds is 4. The first kappa shape index (κ1) is 13.8. The van der Waals surface area contributed by atoms with Gasteiger partial charge in [-0.3, -0.25) is 0 Å². The van der Waals surface area contributed by atoms with Crippen molar-refractivity contribution < 1.29 is 4.74 Å². The molecule has 0 saturated heterocycles. The van der Waals surface area contributed by atoms with Crippen LogP contribution in [0.15, 0.2) is 48.5 Å².